The smallest absolute Gasteiger partial charge is 0.361 e. The van der Waals surface area contributed by atoms with Crippen LogP contribution in [0.5, 0.6) is 0 Å². The molecule has 1 heterocycles. The van der Waals surface area contributed by atoms with Crippen molar-refractivity contribution in [1.29, 1.82) is 0 Å². The van der Waals surface area contributed by atoms with E-state index in [4.69, 9.17) is 4.52 Å². The second-order valence-electron chi connectivity index (χ2n) is 3.99. The molecular weight excluding hydrogens is 251 g/mol. The van der Waals surface area contributed by atoms with E-state index < -0.39 is 18.6 Å². The molecule has 1 amide bonds. The fourth-order valence-electron chi connectivity index (χ4n) is 1.32. The van der Waals surface area contributed by atoms with Crippen LogP contribution >= 0.6 is 0 Å². The summed E-state index contributed by atoms with van der Waals surface area (Å²) in [6.07, 6.45) is -4.39. The van der Waals surface area contributed by atoms with Gasteiger partial charge in [0.25, 0.3) is 0 Å². The van der Waals surface area contributed by atoms with Gasteiger partial charge in [-0.15, -0.1) is 0 Å². The molecule has 0 atom stereocenters. The minimum absolute atomic E-state index is 0.137. The van der Waals surface area contributed by atoms with Gasteiger partial charge in [0.2, 0.25) is 5.91 Å². The Morgan fingerprint density at radius 1 is 1.56 bits per heavy atom. The highest BCUT2D eigenvalue weighted by molar-refractivity contribution is 5.77. The molecule has 8 heteroatoms. The topological polar surface area (TPSA) is 58.4 Å². The van der Waals surface area contributed by atoms with Gasteiger partial charge in [0, 0.05) is 12.6 Å². The summed E-state index contributed by atoms with van der Waals surface area (Å²) in [5.74, 6) is -0.0463. The molecule has 1 aromatic heterocycles. The average molecular weight is 265 g/mol. The highest BCUT2D eigenvalue weighted by Gasteiger charge is 2.27. The Hall–Kier alpha value is -1.57. The molecule has 0 unspecified atom stereocenters. The second-order valence-corrected chi connectivity index (χ2v) is 3.99. The molecular formula is C10H14F3N3O2. The number of amides is 1. The van der Waals surface area contributed by atoms with Crippen LogP contribution in [0.2, 0.25) is 0 Å². The van der Waals surface area contributed by atoms with Gasteiger partial charge in [-0.1, -0.05) is 5.16 Å². The zero-order chi connectivity index (χ0) is 13.8. The van der Waals surface area contributed by atoms with E-state index in [9.17, 15) is 18.0 Å². The third kappa shape index (κ3) is 5.67. The minimum Gasteiger partial charge on any atom is -0.361 e. The number of alkyl halides is 3. The van der Waals surface area contributed by atoms with Crippen LogP contribution < -0.4 is 5.32 Å². The number of carbonyl (C=O) groups excluding carboxylic acids is 1. The number of aromatic nitrogens is 1. The van der Waals surface area contributed by atoms with E-state index in [2.05, 4.69) is 5.16 Å². The Kier molecular flexibility index (Phi) is 4.71. The van der Waals surface area contributed by atoms with Crippen molar-refractivity contribution in [3.05, 3.63) is 17.5 Å². The molecule has 0 bridgehead atoms. The summed E-state index contributed by atoms with van der Waals surface area (Å²) in [6.45, 7) is 0.605. The van der Waals surface area contributed by atoms with E-state index in [1.165, 1.54) is 0 Å². The van der Waals surface area contributed by atoms with E-state index in [0.29, 0.717) is 18.0 Å². The summed E-state index contributed by atoms with van der Waals surface area (Å²) in [5.41, 5.74) is 0.624. The Bertz CT molecular complexity index is 403. The van der Waals surface area contributed by atoms with Gasteiger partial charge in [0.1, 0.15) is 12.3 Å². The number of hydrogen-bond acceptors (Lipinski definition) is 4. The van der Waals surface area contributed by atoms with Gasteiger partial charge >= 0.3 is 6.18 Å². The fraction of sp³-hybridized carbons (Fsp3) is 0.600. The summed E-state index contributed by atoms with van der Waals surface area (Å²) in [4.78, 5) is 12.7. The van der Waals surface area contributed by atoms with Crippen molar-refractivity contribution < 1.29 is 22.5 Å². The Balaban J connectivity index is 2.31. The number of hydrogen-bond donors (Lipinski definition) is 1. The summed E-state index contributed by atoms with van der Waals surface area (Å²) in [5, 5.41) is 5.51. The first-order valence-electron chi connectivity index (χ1n) is 5.20. The van der Waals surface area contributed by atoms with Gasteiger partial charge in [0.05, 0.1) is 12.2 Å². The van der Waals surface area contributed by atoms with Crippen molar-refractivity contribution in [3.8, 4) is 0 Å². The molecule has 1 N–H and O–H groups in total. The minimum atomic E-state index is -4.39. The number of carbonyl (C=O) groups is 1. The third-order valence-electron chi connectivity index (χ3n) is 2.01. The molecule has 18 heavy (non-hydrogen) atoms. The predicted molar refractivity (Wildman–Crippen MR) is 56.6 cm³/mol. The number of nitrogens with one attached hydrogen (secondary N) is 1. The molecule has 0 spiro atoms. The van der Waals surface area contributed by atoms with Gasteiger partial charge in [-0.05, 0) is 14.0 Å². The lowest BCUT2D eigenvalue weighted by Gasteiger charge is -2.15. The largest absolute Gasteiger partial charge is 0.405 e. The summed E-state index contributed by atoms with van der Waals surface area (Å²) in [6, 6.07) is 1.70. The van der Waals surface area contributed by atoms with Crippen molar-refractivity contribution in [2.75, 3.05) is 20.1 Å². The van der Waals surface area contributed by atoms with E-state index in [-0.39, 0.29) is 6.54 Å². The Labute approximate surface area is 102 Å². The maximum absolute atomic E-state index is 11.9. The van der Waals surface area contributed by atoms with Crippen molar-refractivity contribution in [2.45, 2.75) is 19.6 Å². The van der Waals surface area contributed by atoms with Crippen LogP contribution in [0.15, 0.2) is 10.6 Å². The SMILES string of the molecule is Cc1cc(CN(C)CC(=O)NCC(F)(F)F)no1. The van der Waals surface area contributed by atoms with E-state index in [0.717, 1.165) is 0 Å². The zero-order valence-corrected chi connectivity index (χ0v) is 10.0. The number of nitrogens with zero attached hydrogens (tertiary/aromatic N) is 2. The fourth-order valence-corrected chi connectivity index (χ4v) is 1.32. The molecule has 1 aromatic rings. The summed E-state index contributed by atoms with van der Waals surface area (Å²) >= 11 is 0. The van der Waals surface area contributed by atoms with Crippen molar-refractivity contribution in [1.82, 2.24) is 15.4 Å². The molecule has 0 radical (unpaired) electrons. The molecule has 0 aliphatic carbocycles. The first-order chi connectivity index (χ1) is 8.26. The van der Waals surface area contributed by atoms with Crippen molar-refractivity contribution >= 4 is 5.91 Å². The molecule has 0 saturated carbocycles. The van der Waals surface area contributed by atoms with Gasteiger partial charge in [-0.25, -0.2) is 0 Å². The van der Waals surface area contributed by atoms with Gasteiger partial charge < -0.3 is 9.84 Å². The van der Waals surface area contributed by atoms with Crippen LogP contribution in [0, 0.1) is 6.92 Å². The van der Waals surface area contributed by atoms with Crippen LogP contribution in [-0.4, -0.2) is 42.3 Å². The number of rotatable bonds is 5. The number of halogens is 3. The maximum atomic E-state index is 11.9. The summed E-state index contributed by atoms with van der Waals surface area (Å²) < 4.78 is 40.4. The Morgan fingerprint density at radius 3 is 2.72 bits per heavy atom. The monoisotopic (exact) mass is 265 g/mol. The molecule has 1 rings (SSSR count). The highest BCUT2D eigenvalue weighted by atomic mass is 19.4. The molecule has 102 valence electrons. The average Bonchev–Trinajstić information content (AvgIpc) is 2.59. The van der Waals surface area contributed by atoms with Crippen LogP contribution in [-0.2, 0) is 11.3 Å². The third-order valence-corrected chi connectivity index (χ3v) is 2.01. The van der Waals surface area contributed by atoms with E-state index in [1.807, 2.05) is 0 Å². The van der Waals surface area contributed by atoms with Gasteiger partial charge in [-0.2, -0.15) is 13.2 Å². The van der Waals surface area contributed by atoms with Crippen LogP contribution in [0.3, 0.4) is 0 Å². The number of likely N-dealkylation sites (N-methyl/N-ethyl adjacent to an activating group) is 1. The quantitative estimate of drug-likeness (QED) is 0.866. The zero-order valence-electron chi connectivity index (χ0n) is 10.0. The lowest BCUT2D eigenvalue weighted by Crippen LogP contribution is -2.39. The van der Waals surface area contributed by atoms with Crippen LogP contribution in [0.4, 0.5) is 13.2 Å². The summed E-state index contributed by atoms with van der Waals surface area (Å²) in [7, 11) is 1.61. The number of aryl methyl sites for hydroxylation is 1. The van der Waals surface area contributed by atoms with Crippen molar-refractivity contribution in [3.63, 3.8) is 0 Å². The second kappa shape index (κ2) is 5.85. The van der Waals surface area contributed by atoms with E-state index in [1.54, 1.807) is 30.3 Å². The molecule has 0 aromatic carbocycles. The van der Waals surface area contributed by atoms with Crippen LogP contribution in [0.25, 0.3) is 0 Å². The Morgan fingerprint density at radius 2 is 2.22 bits per heavy atom. The molecule has 0 saturated heterocycles. The molecule has 0 fully saturated rings. The van der Waals surface area contributed by atoms with Gasteiger partial charge in [0.15, 0.2) is 0 Å². The van der Waals surface area contributed by atoms with Gasteiger partial charge in [-0.3, -0.25) is 9.69 Å². The maximum Gasteiger partial charge on any atom is 0.405 e. The normalized spacial score (nSPS) is 11.9. The standard InChI is InChI=1S/C10H14F3N3O2/c1-7-3-8(15-18-7)4-16(2)5-9(17)14-6-10(11,12)13/h3H,4-6H2,1-2H3,(H,14,17). The lowest BCUT2D eigenvalue weighted by atomic mass is 10.3. The first-order valence-corrected chi connectivity index (χ1v) is 5.20. The molecule has 0 aliphatic heterocycles. The molecule has 5 nitrogen and oxygen atoms in total. The highest BCUT2D eigenvalue weighted by Crippen LogP contribution is 2.12. The lowest BCUT2D eigenvalue weighted by molar-refractivity contribution is -0.138. The first kappa shape index (κ1) is 14.5. The molecule has 0 aliphatic rings. The van der Waals surface area contributed by atoms with Crippen LogP contribution in [0.1, 0.15) is 11.5 Å². The van der Waals surface area contributed by atoms with E-state index >= 15 is 0 Å². The van der Waals surface area contributed by atoms with Crippen molar-refractivity contribution in [2.24, 2.45) is 0 Å². The predicted octanol–water partition coefficient (Wildman–Crippen LogP) is 1.09.